The summed E-state index contributed by atoms with van der Waals surface area (Å²) in [5, 5.41) is 4.68. The van der Waals surface area contributed by atoms with Crippen LogP contribution in [0, 0.1) is 0 Å². The molecule has 0 radical (unpaired) electrons. The molecule has 0 aromatic heterocycles. The van der Waals surface area contributed by atoms with E-state index in [0.29, 0.717) is 28.7 Å². The van der Waals surface area contributed by atoms with Crippen molar-refractivity contribution in [3.05, 3.63) is 33.3 Å². The van der Waals surface area contributed by atoms with Gasteiger partial charge in [-0.25, -0.2) is 0 Å². The van der Waals surface area contributed by atoms with Crippen molar-refractivity contribution in [1.29, 1.82) is 0 Å². The summed E-state index contributed by atoms with van der Waals surface area (Å²) >= 11 is 12.2. The summed E-state index contributed by atoms with van der Waals surface area (Å²) in [4.78, 5) is 0. The van der Waals surface area contributed by atoms with E-state index < -0.39 is 0 Å². The second-order valence-electron chi connectivity index (χ2n) is 4.38. The Bertz CT molecular complexity index is 422. The van der Waals surface area contributed by atoms with Gasteiger partial charge in [-0.1, -0.05) is 29.3 Å². The summed E-state index contributed by atoms with van der Waals surface area (Å²) in [5.41, 5.74) is 2.37. The molecule has 0 bridgehead atoms. The topological polar surface area (TPSA) is 21.3 Å². The van der Waals surface area contributed by atoms with Crippen LogP contribution in [0.5, 0.6) is 0 Å². The fourth-order valence-electron chi connectivity index (χ4n) is 2.64. The Morgan fingerprint density at radius 2 is 2.19 bits per heavy atom. The first-order valence-electron chi connectivity index (χ1n) is 5.56. The molecule has 0 unspecified atom stereocenters. The van der Waals surface area contributed by atoms with Crippen molar-refractivity contribution < 1.29 is 4.74 Å². The Hall–Kier alpha value is -0.280. The maximum Gasteiger partial charge on any atom is 0.0738 e. The summed E-state index contributed by atoms with van der Waals surface area (Å²) < 4.78 is 5.86. The molecule has 2 aliphatic rings. The largest absolute Gasteiger partial charge is 0.373 e. The van der Waals surface area contributed by atoms with Gasteiger partial charge in [-0.15, -0.1) is 0 Å². The molecular weight excluding hydrogens is 245 g/mol. The van der Waals surface area contributed by atoms with Crippen molar-refractivity contribution in [2.24, 2.45) is 0 Å². The predicted molar refractivity (Wildman–Crippen MR) is 65.3 cm³/mol. The minimum atomic E-state index is 0.339. The fraction of sp³-hybridized carbons (Fsp3) is 0.500. The third-order valence-electron chi connectivity index (χ3n) is 3.49. The van der Waals surface area contributed by atoms with Crippen LogP contribution in [-0.2, 0) is 11.3 Å². The van der Waals surface area contributed by atoms with Crippen LogP contribution >= 0.6 is 23.2 Å². The molecule has 3 rings (SSSR count). The van der Waals surface area contributed by atoms with Gasteiger partial charge in [-0.2, -0.15) is 0 Å². The van der Waals surface area contributed by atoms with Gasteiger partial charge < -0.3 is 10.1 Å². The molecule has 0 aliphatic carbocycles. The van der Waals surface area contributed by atoms with Gasteiger partial charge in [-0.3, -0.25) is 0 Å². The molecule has 4 heteroatoms. The van der Waals surface area contributed by atoms with Gasteiger partial charge in [0.1, 0.15) is 0 Å². The normalized spacial score (nSPS) is 28.4. The number of nitrogens with one attached hydrogen (secondary N) is 1. The van der Waals surface area contributed by atoms with Crippen LogP contribution in [0.3, 0.4) is 0 Å². The summed E-state index contributed by atoms with van der Waals surface area (Å²) in [6, 6.07) is 3.98. The molecule has 2 aliphatic heterocycles. The zero-order valence-electron chi connectivity index (χ0n) is 8.80. The molecule has 16 heavy (non-hydrogen) atoms. The van der Waals surface area contributed by atoms with Crippen LogP contribution in [0.2, 0.25) is 10.0 Å². The van der Waals surface area contributed by atoms with Gasteiger partial charge in [0.05, 0.1) is 22.8 Å². The lowest BCUT2D eigenvalue weighted by Crippen LogP contribution is -2.42. The lowest BCUT2D eigenvalue weighted by atomic mass is 9.84. The second kappa shape index (κ2) is 4.19. The number of piperidine rings is 1. The highest BCUT2D eigenvalue weighted by molar-refractivity contribution is 6.42. The van der Waals surface area contributed by atoms with E-state index in [1.54, 1.807) is 0 Å². The molecule has 2 nitrogen and oxygen atoms in total. The van der Waals surface area contributed by atoms with Crippen LogP contribution in [0.25, 0.3) is 0 Å². The first-order valence-corrected chi connectivity index (χ1v) is 6.32. The fourth-order valence-corrected chi connectivity index (χ4v) is 3.04. The SMILES string of the molecule is Clc1ccc2c(c1Cl)CO[C@H]1CCNC[C@H]21. The highest BCUT2D eigenvalue weighted by Gasteiger charge is 2.33. The van der Waals surface area contributed by atoms with E-state index in [-0.39, 0.29) is 0 Å². The molecule has 0 saturated carbocycles. The average molecular weight is 258 g/mol. The molecule has 86 valence electrons. The van der Waals surface area contributed by atoms with Crippen molar-refractivity contribution in [3.8, 4) is 0 Å². The number of ether oxygens (including phenoxy) is 1. The number of hydrogen-bond donors (Lipinski definition) is 1. The van der Waals surface area contributed by atoms with Gasteiger partial charge in [0.15, 0.2) is 0 Å². The van der Waals surface area contributed by atoms with E-state index >= 15 is 0 Å². The summed E-state index contributed by atoms with van der Waals surface area (Å²) in [6.07, 6.45) is 1.41. The van der Waals surface area contributed by atoms with Gasteiger partial charge in [-0.05, 0) is 24.6 Å². The first-order chi connectivity index (χ1) is 7.77. The van der Waals surface area contributed by atoms with Crippen molar-refractivity contribution in [2.45, 2.75) is 25.0 Å². The average Bonchev–Trinajstić information content (AvgIpc) is 2.33. The Kier molecular flexibility index (Phi) is 2.84. The van der Waals surface area contributed by atoms with E-state index in [1.165, 1.54) is 5.56 Å². The summed E-state index contributed by atoms with van der Waals surface area (Å²) in [5.74, 6) is 0.423. The van der Waals surface area contributed by atoms with Crippen molar-refractivity contribution in [3.63, 3.8) is 0 Å². The minimum Gasteiger partial charge on any atom is -0.373 e. The first kappa shape index (κ1) is 10.8. The van der Waals surface area contributed by atoms with Crippen LogP contribution in [0.1, 0.15) is 23.5 Å². The van der Waals surface area contributed by atoms with Crippen LogP contribution < -0.4 is 5.32 Å². The van der Waals surface area contributed by atoms with Gasteiger partial charge in [0, 0.05) is 18.0 Å². The van der Waals surface area contributed by atoms with Gasteiger partial charge >= 0.3 is 0 Å². The Morgan fingerprint density at radius 1 is 1.31 bits per heavy atom. The summed E-state index contributed by atoms with van der Waals surface area (Å²) in [7, 11) is 0. The minimum absolute atomic E-state index is 0.339. The van der Waals surface area contributed by atoms with Gasteiger partial charge in [0.25, 0.3) is 0 Å². The molecule has 1 fully saturated rings. The molecule has 1 aromatic rings. The van der Waals surface area contributed by atoms with Crippen LogP contribution in [0.4, 0.5) is 0 Å². The quantitative estimate of drug-likeness (QED) is 0.772. The molecule has 1 N–H and O–H groups in total. The summed E-state index contributed by atoms with van der Waals surface area (Å²) in [6.45, 7) is 2.60. The molecule has 1 aromatic carbocycles. The van der Waals surface area contributed by atoms with Crippen LogP contribution in [0.15, 0.2) is 12.1 Å². The van der Waals surface area contributed by atoms with Crippen molar-refractivity contribution in [2.75, 3.05) is 13.1 Å². The highest BCUT2D eigenvalue weighted by Crippen LogP contribution is 2.39. The number of halogens is 2. The van der Waals surface area contributed by atoms with Gasteiger partial charge in [0.2, 0.25) is 0 Å². The monoisotopic (exact) mass is 257 g/mol. The zero-order valence-corrected chi connectivity index (χ0v) is 10.3. The third-order valence-corrected chi connectivity index (χ3v) is 4.34. The van der Waals surface area contributed by atoms with E-state index in [2.05, 4.69) is 11.4 Å². The number of benzene rings is 1. The lowest BCUT2D eigenvalue weighted by Gasteiger charge is -2.37. The van der Waals surface area contributed by atoms with Crippen LogP contribution in [-0.4, -0.2) is 19.2 Å². The smallest absolute Gasteiger partial charge is 0.0738 e. The highest BCUT2D eigenvalue weighted by atomic mass is 35.5. The third kappa shape index (κ3) is 1.65. The van der Waals surface area contributed by atoms with E-state index in [4.69, 9.17) is 27.9 Å². The molecule has 0 amide bonds. The van der Waals surface area contributed by atoms with E-state index in [0.717, 1.165) is 25.1 Å². The predicted octanol–water partition coefficient (Wildman–Crippen LogP) is 2.97. The maximum atomic E-state index is 6.21. The molecule has 2 heterocycles. The Labute approximate surface area is 105 Å². The second-order valence-corrected chi connectivity index (χ2v) is 5.16. The zero-order chi connectivity index (χ0) is 11.1. The molecule has 1 saturated heterocycles. The number of rotatable bonds is 0. The number of hydrogen-bond acceptors (Lipinski definition) is 2. The Balaban J connectivity index is 2.05. The van der Waals surface area contributed by atoms with Crippen molar-refractivity contribution >= 4 is 23.2 Å². The number of fused-ring (bicyclic) bond motifs is 3. The molecule has 0 spiro atoms. The standard InChI is InChI=1S/C12H13Cl2NO/c13-10-2-1-7-8-5-15-4-3-11(8)16-6-9(7)12(10)14/h1-2,8,11,15H,3-6H2/t8-,11+/m1/s1. The van der Waals surface area contributed by atoms with E-state index in [1.807, 2.05) is 6.07 Å². The van der Waals surface area contributed by atoms with Crippen molar-refractivity contribution in [1.82, 2.24) is 5.32 Å². The molecular formula is C12H13Cl2NO. The van der Waals surface area contributed by atoms with E-state index in [9.17, 15) is 0 Å². The lowest BCUT2D eigenvalue weighted by molar-refractivity contribution is -0.00674. The Morgan fingerprint density at radius 3 is 3.06 bits per heavy atom. The maximum absolute atomic E-state index is 6.21. The molecule has 2 atom stereocenters.